The lowest BCUT2D eigenvalue weighted by atomic mass is 10.0. The van der Waals surface area contributed by atoms with Crippen LogP contribution in [0, 0.1) is 10.1 Å². The number of ether oxygens (including phenoxy) is 1. The largest absolute Gasteiger partial charge is 0.511 e. The number of aromatic nitrogens is 1. The monoisotopic (exact) mass is 274 g/mol. The van der Waals surface area contributed by atoms with Crippen LogP contribution in [0.1, 0.15) is 11.1 Å². The summed E-state index contributed by atoms with van der Waals surface area (Å²) in [5, 5.41) is 19.4. The number of carbonyl (C=O) groups is 1. The zero-order valence-corrected chi connectivity index (χ0v) is 10.2. The van der Waals surface area contributed by atoms with E-state index in [2.05, 4.69) is 9.72 Å². The Morgan fingerprint density at radius 3 is 2.80 bits per heavy atom. The van der Waals surface area contributed by atoms with Crippen molar-refractivity contribution in [2.24, 2.45) is 0 Å². The third-order valence-corrected chi connectivity index (χ3v) is 2.57. The standard InChI is InChI=1S/C13H10N2O5/c16-13(17)20-12-4-3-11(15(18)19)7-10(12)6-9-2-1-5-14-8-9/h1-5,7-8H,6H2,(H,16,17). The molecule has 0 saturated heterocycles. The lowest BCUT2D eigenvalue weighted by Gasteiger charge is -2.08. The first-order chi connectivity index (χ1) is 9.56. The van der Waals surface area contributed by atoms with Crippen molar-refractivity contribution in [3.05, 3.63) is 64.0 Å². The fourth-order valence-corrected chi connectivity index (χ4v) is 1.73. The molecule has 1 heterocycles. The number of rotatable bonds is 4. The van der Waals surface area contributed by atoms with Gasteiger partial charge in [-0.05, 0) is 17.7 Å². The van der Waals surface area contributed by atoms with E-state index in [4.69, 9.17) is 5.11 Å². The molecule has 0 unspecified atom stereocenters. The fraction of sp³-hybridized carbons (Fsp3) is 0.0769. The normalized spacial score (nSPS) is 10.0. The predicted octanol–water partition coefficient (Wildman–Crippen LogP) is 2.64. The molecule has 20 heavy (non-hydrogen) atoms. The molecule has 1 aromatic heterocycles. The topological polar surface area (TPSA) is 103 Å². The number of pyridine rings is 1. The van der Waals surface area contributed by atoms with Crippen LogP contribution < -0.4 is 4.74 Å². The second-order valence-electron chi connectivity index (χ2n) is 3.96. The second-order valence-corrected chi connectivity index (χ2v) is 3.96. The number of non-ortho nitro benzene ring substituents is 1. The Balaban J connectivity index is 2.38. The van der Waals surface area contributed by atoms with Crippen molar-refractivity contribution in [3.8, 4) is 5.75 Å². The van der Waals surface area contributed by atoms with E-state index in [0.717, 1.165) is 5.56 Å². The summed E-state index contributed by atoms with van der Waals surface area (Å²) in [4.78, 5) is 24.8. The van der Waals surface area contributed by atoms with Gasteiger partial charge in [-0.25, -0.2) is 4.79 Å². The van der Waals surface area contributed by atoms with Gasteiger partial charge in [0.15, 0.2) is 0 Å². The molecule has 0 amide bonds. The average Bonchev–Trinajstić information content (AvgIpc) is 2.41. The molecular formula is C13H10N2O5. The van der Waals surface area contributed by atoms with Gasteiger partial charge in [-0.1, -0.05) is 6.07 Å². The predicted molar refractivity (Wildman–Crippen MR) is 68.8 cm³/mol. The van der Waals surface area contributed by atoms with E-state index in [-0.39, 0.29) is 17.9 Å². The Kier molecular flexibility index (Phi) is 3.90. The van der Waals surface area contributed by atoms with Crippen LogP contribution in [0.15, 0.2) is 42.7 Å². The molecule has 7 heteroatoms. The van der Waals surface area contributed by atoms with E-state index in [0.29, 0.717) is 5.56 Å². The summed E-state index contributed by atoms with van der Waals surface area (Å²) >= 11 is 0. The van der Waals surface area contributed by atoms with Crippen molar-refractivity contribution in [2.75, 3.05) is 0 Å². The minimum absolute atomic E-state index is 0.0759. The van der Waals surface area contributed by atoms with Gasteiger partial charge in [-0.3, -0.25) is 15.1 Å². The van der Waals surface area contributed by atoms with Gasteiger partial charge in [0.1, 0.15) is 5.75 Å². The highest BCUT2D eigenvalue weighted by atomic mass is 16.7. The maximum atomic E-state index is 10.8. The van der Waals surface area contributed by atoms with Gasteiger partial charge >= 0.3 is 6.16 Å². The molecule has 102 valence electrons. The molecule has 0 aliphatic rings. The smallest absolute Gasteiger partial charge is 0.449 e. The Bertz CT molecular complexity index is 642. The quantitative estimate of drug-likeness (QED) is 0.398. The van der Waals surface area contributed by atoms with Crippen molar-refractivity contribution in [1.29, 1.82) is 0 Å². The molecule has 0 atom stereocenters. The van der Waals surface area contributed by atoms with Crippen molar-refractivity contribution in [2.45, 2.75) is 6.42 Å². The molecule has 2 aromatic rings. The number of benzene rings is 1. The molecule has 2 rings (SSSR count). The molecule has 0 bridgehead atoms. The Hall–Kier alpha value is -2.96. The second kappa shape index (κ2) is 5.79. The summed E-state index contributed by atoms with van der Waals surface area (Å²) in [6, 6.07) is 7.29. The SMILES string of the molecule is O=C(O)Oc1ccc([N+](=O)[O-])cc1Cc1cccnc1. The lowest BCUT2D eigenvalue weighted by Crippen LogP contribution is -2.06. The molecular weight excluding hydrogens is 264 g/mol. The summed E-state index contributed by atoms with van der Waals surface area (Å²) in [5.74, 6) is 0.0759. The molecule has 0 aliphatic carbocycles. The zero-order valence-electron chi connectivity index (χ0n) is 10.2. The summed E-state index contributed by atoms with van der Waals surface area (Å²) in [7, 11) is 0. The van der Waals surface area contributed by atoms with E-state index in [9.17, 15) is 14.9 Å². The van der Waals surface area contributed by atoms with E-state index in [1.807, 2.05) is 0 Å². The number of hydrogen-bond donors (Lipinski definition) is 1. The minimum atomic E-state index is -1.47. The summed E-state index contributed by atoms with van der Waals surface area (Å²) < 4.78 is 4.63. The van der Waals surface area contributed by atoms with Crippen molar-refractivity contribution >= 4 is 11.8 Å². The molecule has 0 spiro atoms. The van der Waals surface area contributed by atoms with Gasteiger partial charge in [0.05, 0.1) is 4.92 Å². The third kappa shape index (κ3) is 3.29. The summed E-state index contributed by atoms with van der Waals surface area (Å²) in [6.45, 7) is 0. The first-order valence-corrected chi connectivity index (χ1v) is 5.63. The first-order valence-electron chi connectivity index (χ1n) is 5.63. The highest BCUT2D eigenvalue weighted by Gasteiger charge is 2.14. The van der Waals surface area contributed by atoms with Gasteiger partial charge in [-0.15, -0.1) is 0 Å². The molecule has 1 aromatic carbocycles. The number of nitro groups is 1. The average molecular weight is 274 g/mol. The molecule has 0 fully saturated rings. The maximum absolute atomic E-state index is 10.8. The van der Waals surface area contributed by atoms with Crippen LogP contribution >= 0.6 is 0 Å². The van der Waals surface area contributed by atoms with Gasteiger partial charge < -0.3 is 9.84 Å². The van der Waals surface area contributed by atoms with Crippen molar-refractivity contribution < 1.29 is 19.6 Å². The fourth-order valence-electron chi connectivity index (χ4n) is 1.73. The summed E-state index contributed by atoms with van der Waals surface area (Å²) in [5.41, 5.74) is 1.08. The van der Waals surface area contributed by atoms with Crippen LogP contribution in [-0.4, -0.2) is 21.2 Å². The zero-order chi connectivity index (χ0) is 14.5. The van der Waals surface area contributed by atoms with Crippen molar-refractivity contribution in [3.63, 3.8) is 0 Å². The minimum Gasteiger partial charge on any atom is -0.449 e. The number of nitrogens with zero attached hydrogens (tertiary/aromatic N) is 2. The molecule has 1 N–H and O–H groups in total. The van der Waals surface area contributed by atoms with Crippen LogP contribution in [0.5, 0.6) is 5.75 Å². The van der Waals surface area contributed by atoms with Crippen LogP contribution in [0.25, 0.3) is 0 Å². The molecule has 0 saturated carbocycles. The van der Waals surface area contributed by atoms with Crippen LogP contribution in [-0.2, 0) is 6.42 Å². The highest BCUT2D eigenvalue weighted by Crippen LogP contribution is 2.26. The van der Waals surface area contributed by atoms with Gasteiger partial charge in [0, 0.05) is 36.5 Å². The summed E-state index contributed by atoms with van der Waals surface area (Å²) in [6.07, 6.45) is 2.03. The van der Waals surface area contributed by atoms with E-state index < -0.39 is 11.1 Å². The van der Waals surface area contributed by atoms with Crippen LogP contribution in [0.2, 0.25) is 0 Å². The Labute approximate surface area is 113 Å². The van der Waals surface area contributed by atoms with Crippen LogP contribution in [0.3, 0.4) is 0 Å². The highest BCUT2D eigenvalue weighted by molar-refractivity contribution is 5.63. The number of carboxylic acid groups (broad SMARTS) is 1. The lowest BCUT2D eigenvalue weighted by molar-refractivity contribution is -0.384. The maximum Gasteiger partial charge on any atom is 0.511 e. The van der Waals surface area contributed by atoms with Gasteiger partial charge in [0.25, 0.3) is 5.69 Å². The van der Waals surface area contributed by atoms with E-state index in [1.165, 1.54) is 18.2 Å². The Morgan fingerprint density at radius 2 is 2.20 bits per heavy atom. The van der Waals surface area contributed by atoms with Crippen LogP contribution in [0.4, 0.5) is 10.5 Å². The van der Waals surface area contributed by atoms with E-state index in [1.54, 1.807) is 24.5 Å². The molecule has 7 nitrogen and oxygen atoms in total. The number of hydrogen-bond acceptors (Lipinski definition) is 5. The number of nitro benzene ring substituents is 1. The van der Waals surface area contributed by atoms with Crippen molar-refractivity contribution in [1.82, 2.24) is 4.98 Å². The third-order valence-electron chi connectivity index (χ3n) is 2.57. The van der Waals surface area contributed by atoms with Gasteiger partial charge in [-0.2, -0.15) is 0 Å². The van der Waals surface area contributed by atoms with Gasteiger partial charge in [0.2, 0.25) is 0 Å². The first kappa shape index (κ1) is 13.5. The Morgan fingerprint density at radius 1 is 1.40 bits per heavy atom. The molecule has 0 aliphatic heterocycles. The molecule has 0 radical (unpaired) electrons. The van der Waals surface area contributed by atoms with E-state index >= 15 is 0 Å².